The van der Waals surface area contributed by atoms with Crippen LogP contribution >= 0.6 is 0 Å². The van der Waals surface area contributed by atoms with Crippen molar-refractivity contribution in [1.82, 2.24) is 5.32 Å². The van der Waals surface area contributed by atoms with E-state index in [0.29, 0.717) is 30.5 Å². The molecular formula is C9H15NO. The van der Waals surface area contributed by atoms with E-state index in [0.717, 1.165) is 6.42 Å². The summed E-state index contributed by atoms with van der Waals surface area (Å²) in [7, 11) is 0. The summed E-state index contributed by atoms with van der Waals surface area (Å²) in [6, 6.07) is 1.03. The van der Waals surface area contributed by atoms with Crippen LogP contribution in [0.1, 0.15) is 13.3 Å². The predicted octanol–water partition coefficient (Wildman–Crippen LogP) is 0.531. The lowest BCUT2D eigenvalue weighted by atomic mass is 9.76. The van der Waals surface area contributed by atoms with Gasteiger partial charge in [0.1, 0.15) is 0 Å². The highest BCUT2D eigenvalue weighted by atomic mass is 16.3. The van der Waals surface area contributed by atoms with Gasteiger partial charge in [0.2, 0.25) is 0 Å². The Bertz CT molecular complexity index is 178. The fourth-order valence-electron chi connectivity index (χ4n) is 2.17. The number of aliphatic hydroxyl groups excluding tert-OH is 1. The summed E-state index contributed by atoms with van der Waals surface area (Å²) < 4.78 is 0. The standard InChI is InChI=1S/C9H15NO/c1-6-7-2-3-9(10-6)8(4-7)5-11/h2-3,6-11H,4-5H2,1H3. The summed E-state index contributed by atoms with van der Waals surface area (Å²) in [5.74, 6) is 1.11. The molecule has 3 rings (SSSR count). The highest BCUT2D eigenvalue weighted by Gasteiger charge is 2.34. The van der Waals surface area contributed by atoms with E-state index in [9.17, 15) is 0 Å². The van der Waals surface area contributed by atoms with E-state index in [4.69, 9.17) is 5.11 Å². The van der Waals surface area contributed by atoms with Gasteiger partial charge in [-0.15, -0.1) is 0 Å². The number of hydrogen-bond acceptors (Lipinski definition) is 2. The van der Waals surface area contributed by atoms with Gasteiger partial charge in [-0.05, 0) is 19.3 Å². The van der Waals surface area contributed by atoms with E-state index in [1.807, 2.05) is 0 Å². The minimum absolute atomic E-state index is 0.325. The molecule has 1 fully saturated rings. The second-order valence-electron chi connectivity index (χ2n) is 3.71. The molecule has 2 aliphatic heterocycles. The summed E-state index contributed by atoms with van der Waals surface area (Å²) in [5.41, 5.74) is 0. The molecule has 2 nitrogen and oxygen atoms in total. The van der Waals surface area contributed by atoms with Gasteiger partial charge < -0.3 is 10.4 Å². The molecule has 0 aromatic carbocycles. The predicted molar refractivity (Wildman–Crippen MR) is 44.2 cm³/mol. The molecule has 3 aliphatic rings. The molecule has 11 heavy (non-hydrogen) atoms. The molecule has 2 bridgehead atoms. The zero-order chi connectivity index (χ0) is 7.84. The third-order valence-electron chi connectivity index (χ3n) is 2.98. The average Bonchev–Trinajstić information content (AvgIpc) is 2.05. The van der Waals surface area contributed by atoms with Crippen LogP contribution in [0.4, 0.5) is 0 Å². The Balaban J connectivity index is 2.13. The molecule has 1 saturated heterocycles. The van der Waals surface area contributed by atoms with Crippen molar-refractivity contribution in [2.75, 3.05) is 6.61 Å². The number of hydrogen-bond donors (Lipinski definition) is 2. The summed E-state index contributed by atoms with van der Waals surface area (Å²) in [5, 5.41) is 12.5. The van der Waals surface area contributed by atoms with Crippen LogP contribution in [0.2, 0.25) is 0 Å². The molecule has 0 saturated carbocycles. The fourth-order valence-corrected chi connectivity index (χ4v) is 2.17. The summed E-state index contributed by atoms with van der Waals surface area (Å²) in [6.07, 6.45) is 5.65. The number of piperidine rings is 1. The number of fused-ring (bicyclic) bond motifs is 2. The van der Waals surface area contributed by atoms with Crippen LogP contribution in [0.3, 0.4) is 0 Å². The lowest BCUT2D eigenvalue weighted by Crippen LogP contribution is -2.53. The van der Waals surface area contributed by atoms with Crippen LogP contribution in [0.5, 0.6) is 0 Å². The van der Waals surface area contributed by atoms with Crippen molar-refractivity contribution >= 4 is 0 Å². The molecule has 2 N–H and O–H groups in total. The van der Waals surface area contributed by atoms with Crippen molar-refractivity contribution in [3.8, 4) is 0 Å². The minimum Gasteiger partial charge on any atom is -0.396 e. The van der Waals surface area contributed by atoms with Crippen molar-refractivity contribution in [2.45, 2.75) is 25.4 Å². The maximum atomic E-state index is 9.03. The van der Waals surface area contributed by atoms with Gasteiger partial charge in [0.05, 0.1) is 0 Å². The van der Waals surface area contributed by atoms with Crippen molar-refractivity contribution in [1.29, 1.82) is 0 Å². The first-order valence-corrected chi connectivity index (χ1v) is 4.36. The van der Waals surface area contributed by atoms with Crippen LogP contribution in [0.15, 0.2) is 12.2 Å². The van der Waals surface area contributed by atoms with Crippen molar-refractivity contribution in [3.05, 3.63) is 12.2 Å². The summed E-state index contributed by atoms with van der Waals surface area (Å²) >= 11 is 0. The van der Waals surface area contributed by atoms with Gasteiger partial charge >= 0.3 is 0 Å². The molecule has 1 aliphatic carbocycles. The van der Waals surface area contributed by atoms with E-state index in [1.54, 1.807) is 0 Å². The van der Waals surface area contributed by atoms with Gasteiger partial charge in [0.15, 0.2) is 0 Å². The highest BCUT2D eigenvalue weighted by molar-refractivity contribution is 5.13. The molecular weight excluding hydrogens is 138 g/mol. The van der Waals surface area contributed by atoms with Crippen molar-refractivity contribution in [2.24, 2.45) is 11.8 Å². The average molecular weight is 153 g/mol. The lowest BCUT2D eigenvalue weighted by Gasteiger charge is -2.42. The van der Waals surface area contributed by atoms with Crippen LogP contribution < -0.4 is 5.32 Å². The van der Waals surface area contributed by atoms with E-state index in [1.165, 1.54) is 0 Å². The van der Waals surface area contributed by atoms with Crippen LogP contribution in [0, 0.1) is 11.8 Å². The van der Waals surface area contributed by atoms with Gasteiger partial charge in [0.25, 0.3) is 0 Å². The Labute approximate surface area is 67.3 Å². The topological polar surface area (TPSA) is 32.3 Å². The molecule has 4 unspecified atom stereocenters. The van der Waals surface area contributed by atoms with Crippen LogP contribution in [-0.4, -0.2) is 23.8 Å². The first-order chi connectivity index (χ1) is 5.31. The maximum absolute atomic E-state index is 9.03. The summed E-state index contributed by atoms with van der Waals surface area (Å²) in [4.78, 5) is 0. The molecule has 0 aromatic rings. The highest BCUT2D eigenvalue weighted by Crippen LogP contribution is 2.31. The molecule has 62 valence electrons. The second-order valence-corrected chi connectivity index (χ2v) is 3.71. The van der Waals surface area contributed by atoms with Crippen LogP contribution in [-0.2, 0) is 0 Å². The lowest BCUT2D eigenvalue weighted by molar-refractivity contribution is 0.129. The first-order valence-electron chi connectivity index (χ1n) is 4.36. The van der Waals surface area contributed by atoms with Gasteiger partial charge in [-0.25, -0.2) is 0 Å². The van der Waals surface area contributed by atoms with E-state index in [2.05, 4.69) is 24.4 Å². The van der Waals surface area contributed by atoms with E-state index >= 15 is 0 Å². The van der Waals surface area contributed by atoms with E-state index in [-0.39, 0.29) is 0 Å². The Kier molecular flexibility index (Phi) is 1.74. The quantitative estimate of drug-likeness (QED) is 0.539. The maximum Gasteiger partial charge on any atom is 0.0477 e. The first kappa shape index (κ1) is 7.32. The zero-order valence-electron chi connectivity index (χ0n) is 6.83. The smallest absolute Gasteiger partial charge is 0.0477 e. The number of aliphatic hydroxyl groups is 1. The molecule has 0 amide bonds. The Morgan fingerprint density at radius 2 is 2.36 bits per heavy atom. The normalized spacial score (nSPS) is 48.2. The number of nitrogens with one attached hydrogen (secondary N) is 1. The van der Waals surface area contributed by atoms with Gasteiger partial charge in [0, 0.05) is 24.6 Å². The Hall–Kier alpha value is -0.340. The molecule has 0 spiro atoms. The summed E-state index contributed by atoms with van der Waals surface area (Å²) in [6.45, 7) is 2.54. The SMILES string of the molecule is CC1NC2C=CC1CC2CO. The largest absolute Gasteiger partial charge is 0.396 e. The second kappa shape index (κ2) is 2.61. The zero-order valence-corrected chi connectivity index (χ0v) is 6.83. The van der Waals surface area contributed by atoms with Crippen molar-refractivity contribution in [3.63, 3.8) is 0 Å². The Morgan fingerprint density at radius 1 is 1.55 bits per heavy atom. The van der Waals surface area contributed by atoms with E-state index < -0.39 is 0 Å². The number of rotatable bonds is 1. The van der Waals surface area contributed by atoms with Gasteiger partial charge in [-0.1, -0.05) is 12.2 Å². The van der Waals surface area contributed by atoms with Crippen molar-refractivity contribution < 1.29 is 5.11 Å². The fraction of sp³-hybridized carbons (Fsp3) is 0.778. The molecule has 2 heterocycles. The molecule has 0 radical (unpaired) electrons. The Morgan fingerprint density at radius 3 is 2.82 bits per heavy atom. The third kappa shape index (κ3) is 1.10. The molecule has 0 aromatic heterocycles. The van der Waals surface area contributed by atoms with Gasteiger partial charge in [-0.2, -0.15) is 0 Å². The third-order valence-corrected chi connectivity index (χ3v) is 2.98. The molecule has 2 heteroatoms. The van der Waals surface area contributed by atoms with Gasteiger partial charge in [-0.3, -0.25) is 0 Å². The monoisotopic (exact) mass is 153 g/mol. The molecule has 4 atom stereocenters. The minimum atomic E-state index is 0.325. The van der Waals surface area contributed by atoms with Crippen LogP contribution in [0.25, 0.3) is 0 Å².